The van der Waals surface area contributed by atoms with Crippen molar-refractivity contribution in [2.75, 3.05) is 0 Å². The molecule has 104 valence electrons. The molecular weight excluding hydrogens is 246 g/mol. The zero-order valence-corrected chi connectivity index (χ0v) is 11.8. The highest BCUT2D eigenvalue weighted by Gasteiger charge is 2.63. The van der Waals surface area contributed by atoms with Crippen LogP contribution in [-0.2, 0) is 4.79 Å². The van der Waals surface area contributed by atoms with E-state index in [1.807, 2.05) is 6.07 Å². The molecule has 1 atom stereocenters. The Morgan fingerprint density at radius 1 is 0.900 bits per heavy atom. The number of carbonyl (C=O) groups excluding carboxylic acids is 1. The number of hydrogen-bond acceptors (Lipinski definition) is 1. The summed E-state index contributed by atoms with van der Waals surface area (Å²) in [6.45, 7) is 0. The van der Waals surface area contributed by atoms with Gasteiger partial charge in [-0.05, 0) is 61.8 Å². The van der Waals surface area contributed by atoms with E-state index in [9.17, 15) is 4.79 Å². The van der Waals surface area contributed by atoms with Gasteiger partial charge in [-0.25, -0.2) is 0 Å². The first kappa shape index (κ1) is 11.4. The molecule has 1 unspecified atom stereocenters. The third-order valence-electron chi connectivity index (χ3n) is 6.29. The minimum atomic E-state index is 0.0763. The van der Waals surface area contributed by atoms with Crippen molar-refractivity contribution >= 4 is 5.91 Å². The Kier molecular flexibility index (Phi) is 2.08. The van der Waals surface area contributed by atoms with Crippen LogP contribution in [0.5, 0.6) is 0 Å². The second kappa shape index (κ2) is 3.66. The summed E-state index contributed by atoms with van der Waals surface area (Å²) in [5.74, 6) is 3.11. The number of amides is 1. The number of benzene rings is 1. The Morgan fingerprint density at radius 2 is 1.45 bits per heavy atom. The molecule has 0 radical (unpaired) electrons. The summed E-state index contributed by atoms with van der Waals surface area (Å²) in [6, 6.07) is 10.4. The number of hydrogen-bond donors (Lipinski definition) is 0. The summed E-state index contributed by atoms with van der Waals surface area (Å²) in [5, 5.41) is 0. The molecule has 1 aromatic rings. The van der Waals surface area contributed by atoms with Gasteiger partial charge in [-0.2, -0.15) is 0 Å². The van der Waals surface area contributed by atoms with Crippen molar-refractivity contribution in [1.82, 2.24) is 4.90 Å². The van der Waals surface area contributed by atoms with E-state index in [1.165, 1.54) is 44.1 Å². The van der Waals surface area contributed by atoms with E-state index in [4.69, 9.17) is 0 Å². The third kappa shape index (κ3) is 1.43. The van der Waals surface area contributed by atoms with E-state index in [2.05, 4.69) is 29.2 Å². The largest absolute Gasteiger partial charge is 0.319 e. The summed E-state index contributed by atoms with van der Waals surface area (Å²) in [7, 11) is 0. The van der Waals surface area contributed by atoms with Gasteiger partial charge in [0, 0.05) is 5.54 Å². The quantitative estimate of drug-likeness (QED) is 0.750. The highest BCUT2D eigenvalue weighted by atomic mass is 16.2. The predicted octanol–water partition coefficient (Wildman–Crippen LogP) is 3.54. The van der Waals surface area contributed by atoms with E-state index in [1.54, 1.807) is 0 Å². The van der Waals surface area contributed by atoms with Gasteiger partial charge >= 0.3 is 0 Å². The van der Waals surface area contributed by atoms with Crippen LogP contribution >= 0.6 is 0 Å². The molecule has 5 aliphatic rings. The van der Waals surface area contributed by atoms with Gasteiger partial charge in [0.15, 0.2) is 0 Å². The van der Waals surface area contributed by atoms with Crippen molar-refractivity contribution in [2.24, 2.45) is 17.8 Å². The molecular formula is C18H21NO. The maximum absolute atomic E-state index is 12.5. The molecule has 0 aromatic heterocycles. The minimum Gasteiger partial charge on any atom is -0.319 e. The van der Waals surface area contributed by atoms with Crippen LogP contribution in [0.2, 0.25) is 0 Å². The smallest absolute Gasteiger partial charge is 0.251 e. The van der Waals surface area contributed by atoms with Gasteiger partial charge in [-0.15, -0.1) is 0 Å². The average molecular weight is 267 g/mol. The van der Waals surface area contributed by atoms with Gasteiger partial charge in [0.05, 0.1) is 0 Å². The molecule has 6 rings (SSSR count). The lowest BCUT2D eigenvalue weighted by atomic mass is 9.53. The van der Waals surface area contributed by atoms with Crippen molar-refractivity contribution in [3.63, 3.8) is 0 Å². The summed E-state index contributed by atoms with van der Waals surface area (Å²) < 4.78 is 0. The Labute approximate surface area is 120 Å². The minimum absolute atomic E-state index is 0.0763. The second-order valence-electron chi connectivity index (χ2n) is 7.66. The Balaban J connectivity index is 1.48. The van der Waals surface area contributed by atoms with Crippen LogP contribution in [0.1, 0.15) is 50.1 Å². The fourth-order valence-electron chi connectivity index (χ4n) is 5.97. The standard InChI is InChI=1S/C18H21NO/c20-17-16(15-4-2-1-3-5-15)19(17)18-9-12-6-13(10-18)8-14(7-12)11-18/h1-5,12-14,16H,6-11H2. The van der Waals surface area contributed by atoms with Crippen LogP contribution in [0.3, 0.4) is 0 Å². The number of rotatable bonds is 2. The van der Waals surface area contributed by atoms with Crippen molar-refractivity contribution in [1.29, 1.82) is 0 Å². The molecule has 20 heavy (non-hydrogen) atoms. The van der Waals surface area contributed by atoms with Crippen molar-refractivity contribution in [2.45, 2.75) is 50.1 Å². The van der Waals surface area contributed by atoms with Crippen molar-refractivity contribution in [3.8, 4) is 0 Å². The van der Waals surface area contributed by atoms with Gasteiger partial charge in [-0.3, -0.25) is 4.79 Å². The summed E-state index contributed by atoms with van der Waals surface area (Å²) in [6.07, 6.45) is 8.18. The molecule has 1 saturated heterocycles. The molecule has 5 fully saturated rings. The average Bonchev–Trinajstić information content (AvgIpc) is 3.11. The van der Waals surface area contributed by atoms with Gasteiger partial charge in [0.2, 0.25) is 0 Å². The SMILES string of the molecule is O=C1C(c2ccccc2)N1C12CC3CC(CC(C3)C1)C2. The normalized spacial score (nSPS) is 45.0. The Bertz CT molecular complexity index is 529. The molecule has 2 heteroatoms. The van der Waals surface area contributed by atoms with Crippen LogP contribution in [0.15, 0.2) is 30.3 Å². The summed E-state index contributed by atoms with van der Waals surface area (Å²) in [5.41, 5.74) is 1.44. The molecule has 4 aliphatic carbocycles. The maximum Gasteiger partial charge on any atom is 0.251 e. The molecule has 1 aromatic carbocycles. The summed E-state index contributed by atoms with van der Waals surface area (Å²) in [4.78, 5) is 14.7. The molecule has 2 nitrogen and oxygen atoms in total. The lowest BCUT2D eigenvalue weighted by Crippen LogP contribution is -2.55. The van der Waals surface area contributed by atoms with Crippen LogP contribution in [-0.4, -0.2) is 16.3 Å². The van der Waals surface area contributed by atoms with Gasteiger partial charge < -0.3 is 4.90 Å². The fraction of sp³-hybridized carbons (Fsp3) is 0.611. The van der Waals surface area contributed by atoms with E-state index >= 15 is 0 Å². The number of carbonyl (C=O) groups is 1. The molecule has 1 amide bonds. The van der Waals surface area contributed by atoms with Crippen LogP contribution in [0, 0.1) is 17.8 Å². The third-order valence-corrected chi connectivity index (χ3v) is 6.29. The van der Waals surface area contributed by atoms with Crippen LogP contribution in [0.25, 0.3) is 0 Å². The highest BCUT2D eigenvalue weighted by molar-refractivity contribution is 5.98. The monoisotopic (exact) mass is 267 g/mol. The molecule has 4 saturated carbocycles. The molecule has 0 spiro atoms. The first-order valence-electron chi connectivity index (χ1n) is 8.13. The summed E-state index contributed by atoms with van der Waals surface area (Å²) >= 11 is 0. The molecule has 1 aliphatic heterocycles. The van der Waals surface area contributed by atoms with E-state index < -0.39 is 0 Å². The highest BCUT2D eigenvalue weighted by Crippen LogP contribution is 2.62. The van der Waals surface area contributed by atoms with Gasteiger partial charge in [0.1, 0.15) is 6.04 Å². The molecule has 4 bridgehead atoms. The second-order valence-corrected chi connectivity index (χ2v) is 7.66. The Morgan fingerprint density at radius 3 is 2.00 bits per heavy atom. The van der Waals surface area contributed by atoms with Crippen LogP contribution < -0.4 is 0 Å². The maximum atomic E-state index is 12.5. The lowest BCUT2D eigenvalue weighted by Gasteiger charge is -2.57. The predicted molar refractivity (Wildman–Crippen MR) is 76.9 cm³/mol. The van der Waals surface area contributed by atoms with Crippen molar-refractivity contribution in [3.05, 3.63) is 35.9 Å². The van der Waals surface area contributed by atoms with Gasteiger partial charge in [0.25, 0.3) is 5.91 Å². The zero-order chi connectivity index (χ0) is 13.3. The van der Waals surface area contributed by atoms with Crippen molar-refractivity contribution < 1.29 is 4.79 Å². The first-order valence-corrected chi connectivity index (χ1v) is 8.13. The Hall–Kier alpha value is -1.31. The molecule has 1 heterocycles. The van der Waals surface area contributed by atoms with Crippen LogP contribution in [0.4, 0.5) is 0 Å². The topological polar surface area (TPSA) is 20.1 Å². The fourth-order valence-corrected chi connectivity index (χ4v) is 5.97. The first-order chi connectivity index (χ1) is 9.75. The van der Waals surface area contributed by atoms with E-state index in [-0.39, 0.29) is 11.6 Å². The molecule has 0 N–H and O–H groups in total. The number of nitrogens with zero attached hydrogens (tertiary/aromatic N) is 1. The lowest BCUT2D eigenvalue weighted by molar-refractivity contribution is -0.121. The van der Waals surface area contributed by atoms with E-state index in [0.29, 0.717) is 5.91 Å². The zero-order valence-electron chi connectivity index (χ0n) is 11.8. The van der Waals surface area contributed by atoms with E-state index in [0.717, 1.165) is 17.8 Å². The van der Waals surface area contributed by atoms with Gasteiger partial charge in [-0.1, -0.05) is 30.3 Å².